The molecule has 148 valence electrons. The average molecular weight is 364 g/mol. The van der Waals surface area contributed by atoms with Crippen molar-refractivity contribution in [3.63, 3.8) is 0 Å². The number of ether oxygens (including phenoxy) is 1. The van der Waals surface area contributed by atoms with Gasteiger partial charge in [0.1, 0.15) is 24.4 Å². The highest BCUT2D eigenvalue weighted by Gasteiger charge is 2.40. The van der Waals surface area contributed by atoms with E-state index in [9.17, 15) is 30.3 Å². The van der Waals surface area contributed by atoms with E-state index in [4.69, 9.17) is 9.84 Å². The van der Waals surface area contributed by atoms with Gasteiger partial charge in [0.15, 0.2) is 0 Å². The maximum absolute atomic E-state index is 12.4. The van der Waals surface area contributed by atoms with E-state index < -0.39 is 49.2 Å². The summed E-state index contributed by atoms with van der Waals surface area (Å²) in [6.07, 6.45) is -7.13. The van der Waals surface area contributed by atoms with E-state index in [1.807, 2.05) is 20.8 Å². The van der Waals surface area contributed by atoms with E-state index in [-0.39, 0.29) is 11.8 Å². The number of esters is 1. The Morgan fingerprint density at radius 3 is 2.16 bits per heavy atom. The lowest BCUT2D eigenvalue weighted by Crippen LogP contribution is -2.51. The molecule has 0 saturated heterocycles. The lowest BCUT2D eigenvalue weighted by Gasteiger charge is -2.36. The first kappa shape index (κ1) is 22.3. The molecule has 4 unspecified atom stereocenters. The van der Waals surface area contributed by atoms with Crippen molar-refractivity contribution in [1.29, 1.82) is 0 Å². The number of hydrogen-bond donors (Lipinski definition) is 6. The van der Waals surface area contributed by atoms with Crippen LogP contribution in [0.5, 0.6) is 0 Å². The van der Waals surface area contributed by atoms with E-state index in [0.717, 1.165) is 12.8 Å². The van der Waals surface area contributed by atoms with Gasteiger partial charge in [-0.25, -0.2) is 0 Å². The molecule has 0 spiro atoms. The number of aliphatic hydroxyl groups is 6. The van der Waals surface area contributed by atoms with Crippen molar-refractivity contribution in [2.75, 3.05) is 6.61 Å². The van der Waals surface area contributed by atoms with Crippen LogP contribution in [-0.2, 0) is 9.53 Å². The van der Waals surface area contributed by atoms with Crippen molar-refractivity contribution >= 4 is 5.97 Å². The first-order chi connectivity index (χ1) is 11.6. The number of rotatable bonds is 8. The highest BCUT2D eigenvalue weighted by atomic mass is 16.6. The van der Waals surface area contributed by atoms with Gasteiger partial charge in [0.2, 0.25) is 6.29 Å². The Kier molecular flexibility index (Phi) is 8.73. The largest absolute Gasteiger partial charge is 0.433 e. The Bertz CT molecular complexity index is 415. The van der Waals surface area contributed by atoms with Crippen LogP contribution in [0.4, 0.5) is 0 Å². The minimum Gasteiger partial charge on any atom is -0.433 e. The van der Waals surface area contributed by atoms with Crippen LogP contribution in [0.3, 0.4) is 0 Å². The van der Waals surface area contributed by atoms with Gasteiger partial charge in [0.05, 0.1) is 12.5 Å². The van der Waals surface area contributed by atoms with Gasteiger partial charge in [-0.1, -0.05) is 27.2 Å². The average Bonchev–Trinajstić information content (AvgIpc) is 2.58. The smallest absolute Gasteiger partial charge is 0.311 e. The van der Waals surface area contributed by atoms with Crippen LogP contribution in [0.1, 0.15) is 40.0 Å². The zero-order valence-electron chi connectivity index (χ0n) is 15.0. The van der Waals surface area contributed by atoms with Crippen molar-refractivity contribution < 1.29 is 40.2 Å². The molecule has 0 aromatic carbocycles. The van der Waals surface area contributed by atoms with Crippen molar-refractivity contribution in [2.45, 2.75) is 70.7 Å². The predicted octanol–water partition coefficient (Wildman–Crippen LogP) is -1.01. The summed E-state index contributed by atoms with van der Waals surface area (Å²) in [5.41, 5.74) is 0. The quantitative estimate of drug-likeness (QED) is 0.237. The standard InChI is InChI=1S/C17H32O8/c1-8(2)10-5-4-9(3)6-11(10)16(23)25-17(24)15(22)14(21)13(20)12(19)7-18/h8-15,17-22,24H,4-7H2,1-3H3/t9?,10?,11?,12-,13-,14+,15-,17?/m1/s1. The van der Waals surface area contributed by atoms with Crippen LogP contribution in [0.15, 0.2) is 0 Å². The van der Waals surface area contributed by atoms with Gasteiger partial charge in [-0.3, -0.25) is 4.79 Å². The number of aliphatic hydroxyl groups excluding tert-OH is 6. The van der Waals surface area contributed by atoms with Gasteiger partial charge in [-0.15, -0.1) is 0 Å². The fraction of sp³-hybridized carbons (Fsp3) is 0.941. The van der Waals surface area contributed by atoms with E-state index in [1.54, 1.807) is 0 Å². The summed E-state index contributed by atoms with van der Waals surface area (Å²) < 4.78 is 4.92. The van der Waals surface area contributed by atoms with E-state index >= 15 is 0 Å². The molecule has 8 heteroatoms. The Balaban J connectivity index is 2.70. The summed E-state index contributed by atoms with van der Waals surface area (Å²) in [7, 11) is 0. The lowest BCUT2D eigenvalue weighted by molar-refractivity contribution is -0.218. The molecule has 0 aliphatic heterocycles. The lowest BCUT2D eigenvalue weighted by atomic mass is 9.70. The number of carbonyl (C=O) groups excluding carboxylic acids is 1. The zero-order valence-corrected chi connectivity index (χ0v) is 15.0. The van der Waals surface area contributed by atoms with Crippen molar-refractivity contribution in [2.24, 2.45) is 23.7 Å². The van der Waals surface area contributed by atoms with Gasteiger partial charge in [0.25, 0.3) is 0 Å². The molecular formula is C17H32O8. The maximum Gasteiger partial charge on any atom is 0.311 e. The molecule has 25 heavy (non-hydrogen) atoms. The molecule has 0 aromatic heterocycles. The van der Waals surface area contributed by atoms with E-state index in [2.05, 4.69) is 0 Å². The molecular weight excluding hydrogens is 332 g/mol. The maximum atomic E-state index is 12.4. The van der Waals surface area contributed by atoms with Crippen LogP contribution in [0, 0.1) is 23.7 Å². The summed E-state index contributed by atoms with van der Waals surface area (Å²) in [6.45, 7) is 5.24. The van der Waals surface area contributed by atoms with Crippen LogP contribution >= 0.6 is 0 Å². The second-order valence-corrected chi connectivity index (χ2v) is 7.48. The number of carbonyl (C=O) groups is 1. The van der Waals surface area contributed by atoms with Crippen LogP contribution in [0.25, 0.3) is 0 Å². The molecule has 1 saturated carbocycles. The highest BCUT2D eigenvalue weighted by molar-refractivity contribution is 5.73. The van der Waals surface area contributed by atoms with Gasteiger partial charge in [-0.05, 0) is 30.6 Å². The molecule has 0 aromatic rings. The first-order valence-corrected chi connectivity index (χ1v) is 8.81. The Morgan fingerprint density at radius 1 is 1.04 bits per heavy atom. The fourth-order valence-corrected chi connectivity index (χ4v) is 3.46. The van der Waals surface area contributed by atoms with Crippen molar-refractivity contribution in [3.8, 4) is 0 Å². The SMILES string of the molecule is CC1CCC(C(C)C)C(C(=O)OC(O)[C@H](O)[C@@H](O)[C@H](O)[C@H](O)CO)C1. The second kappa shape index (κ2) is 9.80. The molecule has 6 N–H and O–H groups in total. The van der Waals surface area contributed by atoms with Crippen LogP contribution in [0.2, 0.25) is 0 Å². The first-order valence-electron chi connectivity index (χ1n) is 8.81. The Morgan fingerprint density at radius 2 is 1.64 bits per heavy atom. The molecule has 0 radical (unpaired) electrons. The van der Waals surface area contributed by atoms with Gasteiger partial charge in [-0.2, -0.15) is 0 Å². The minimum atomic E-state index is -2.05. The van der Waals surface area contributed by atoms with Gasteiger partial charge in [0, 0.05) is 0 Å². The highest BCUT2D eigenvalue weighted by Crippen LogP contribution is 2.38. The third-order valence-corrected chi connectivity index (χ3v) is 5.14. The minimum absolute atomic E-state index is 0.111. The Labute approximate surface area is 148 Å². The molecule has 8 atom stereocenters. The molecule has 1 rings (SSSR count). The van der Waals surface area contributed by atoms with Gasteiger partial charge >= 0.3 is 5.97 Å². The molecule has 1 aliphatic carbocycles. The molecule has 0 bridgehead atoms. The molecule has 1 fully saturated rings. The normalized spacial score (nSPS) is 30.4. The summed E-state index contributed by atoms with van der Waals surface area (Å²) >= 11 is 0. The predicted molar refractivity (Wildman–Crippen MR) is 88.0 cm³/mol. The summed E-state index contributed by atoms with van der Waals surface area (Å²) in [6, 6.07) is 0. The molecule has 0 amide bonds. The second-order valence-electron chi connectivity index (χ2n) is 7.48. The third kappa shape index (κ3) is 5.87. The molecule has 0 heterocycles. The van der Waals surface area contributed by atoms with Crippen molar-refractivity contribution in [3.05, 3.63) is 0 Å². The monoisotopic (exact) mass is 364 g/mol. The molecule has 1 aliphatic rings. The van der Waals surface area contributed by atoms with Crippen LogP contribution in [-0.4, -0.2) is 73.9 Å². The summed E-state index contributed by atoms with van der Waals surface area (Å²) in [5, 5.41) is 57.1. The van der Waals surface area contributed by atoms with E-state index in [0.29, 0.717) is 12.3 Å². The number of hydrogen-bond acceptors (Lipinski definition) is 8. The van der Waals surface area contributed by atoms with Crippen molar-refractivity contribution in [1.82, 2.24) is 0 Å². The topological polar surface area (TPSA) is 148 Å². The van der Waals surface area contributed by atoms with E-state index in [1.165, 1.54) is 0 Å². The zero-order chi connectivity index (χ0) is 19.3. The Hall–Kier alpha value is -0.770. The van der Waals surface area contributed by atoms with Crippen LogP contribution < -0.4 is 0 Å². The third-order valence-electron chi connectivity index (χ3n) is 5.14. The molecule has 8 nitrogen and oxygen atoms in total. The summed E-state index contributed by atoms with van der Waals surface area (Å²) in [5.74, 6) is -0.336. The fourth-order valence-electron chi connectivity index (χ4n) is 3.46. The van der Waals surface area contributed by atoms with Gasteiger partial charge < -0.3 is 35.4 Å². The summed E-state index contributed by atoms with van der Waals surface area (Å²) in [4.78, 5) is 12.4.